The minimum Gasteiger partial charge on any atom is -0.711 e. The Morgan fingerprint density at radius 2 is 1.77 bits per heavy atom. The molecule has 8 heteroatoms. The Balaban J connectivity index is 1.88. The van der Waals surface area contributed by atoms with Crippen molar-refractivity contribution in [1.29, 1.82) is 0 Å². The van der Waals surface area contributed by atoms with Crippen molar-refractivity contribution in [2.75, 3.05) is 0 Å². The second-order valence-electron chi connectivity index (χ2n) is 8.15. The summed E-state index contributed by atoms with van der Waals surface area (Å²) in [4.78, 5) is 25.9. The topological polar surface area (TPSA) is 84.5 Å². The molecule has 0 spiro atoms. The van der Waals surface area contributed by atoms with E-state index in [1.807, 2.05) is 58.6 Å². The Hall–Kier alpha value is -3.13. The van der Waals surface area contributed by atoms with Gasteiger partial charge in [-0.15, -0.1) is 0 Å². The lowest BCUT2D eigenvalue weighted by atomic mass is 9.85. The zero-order valence-corrected chi connectivity index (χ0v) is 18.6. The van der Waals surface area contributed by atoms with Crippen LogP contribution < -0.4 is 4.73 Å². The number of carbonyl (C=O) groups is 2. The van der Waals surface area contributed by atoms with E-state index in [9.17, 15) is 14.8 Å². The molecule has 0 radical (unpaired) electrons. The zero-order valence-electron chi connectivity index (χ0n) is 17.8. The predicted octanol–water partition coefficient (Wildman–Crippen LogP) is 3.43. The first kappa shape index (κ1) is 21.1. The average Bonchev–Trinajstić information content (AvgIpc) is 3.30. The van der Waals surface area contributed by atoms with Crippen LogP contribution in [-0.4, -0.2) is 22.3 Å². The number of esters is 2. The number of carbonyl (C=O) groups excluding carboxylic acids is 2. The number of imidazole rings is 1. The summed E-state index contributed by atoms with van der Waals surface area (Å²) >= 11 is 1.43. The van der Waals surface area contributed by atoms with Crippen LogP contribution in [0.4, 0.5) is 0 Å². The van der Waals surface area contributed by atoms with Crippen molar-refractivity contribution < 1.29 is 23.8 Å². The van der Waals surface area contributed by atoms with Crippen molar-refractivity contribution in [3.05, 3.63) is 80.7 Å². The van der Waals surface area contributed by atoms with Gasteiger partial charge in [0.05, 0.1) is 0 Å². The molecule has 0 saturated carbocycles. The van der Waals surface area contributed by atoms with Gasteiger partial charge in [0.15, 0.2) is 5.92 Å². The summed E-state index contributed by atoms with van der Waals surface area (Å²) < 4.78 is 13.5. The van der Waals surface area contributed by atoms with Gasteiger partial charge in [-0.25, -0.2) is 9.30 Å². The number of nitrogens with zero attached hydrogens (tertiary/aromatic N) is 2. The van der Waals surface area contributed by atoms with Gasteiger partial charge in [0.25, 0.3) is 11.6 Å². The highest BCUT2D eigenvalue weighted by Gasteiger charge is 2.52. The van der Waals surface area contributed by atoms with E-state index >= 15 is 0 Å². The van der Waals surface area contributed by atoms with Crippen molar-refractivity contribution in [2.45, 2.75) is 45.9 Å². The lowest BCUT2D eigenvalue weighted by Crippen LogP contribution is -2.50. The van der Waals surface area contributed by atoms with Crippen LogP contribution >= 0.6 is 11.3 Å². The van der Waals surface area contributed by atoms with Crippen molar-refractivity contribution in [3.8, 4) is 0 Å². The molecule has 1 aliphatic rings. The standard InChI is InChI=1S/C23H24N2O5S/c1-14-15(2)25(28)20(24(14)12-16-8-6-5-7-9-16)18(17-10-11-31-13-17)19-21(26)29-23(3,4)30-22(19)27/h5-11,13,18-19H,12H2,1-4H3/t18-/m1/s1. The molecule has 4 rings (SSSR count). The van der Waals surface area contributed by atoms with Gasteiger partial charge in [-0.3, -0.25) is 9.59 Å². The molecule has 7 nitrogen and oxygen atoms in total. The minimum atomic E-state index is -1.34. The van der Waals surface area contributed by atoms with E-state index in [0.717, 1.165) is 16.0 Å². The Bertz CT molecular complexity index is 1100. The fourth-order valence-electron chi connectivity index (χ4n) is 4.00. The van der Waals surface area contributed by atoms with Crippen molar-refractivity contribution in [1.82, 2.24) is 4.57 Å². The number of rotatable bonds is 5. The number of hydrogen-bond acceptors (Lipinski definition) is 6. The van der Waals surface area contributed by atoms with Crippen molar-refractivity contribution in [2.24, 2.45) is 5.92 Å². The Labute approximate surface area is 184 Å². The third-order valence-electron chi connectivity index (χ3n) is 5.62. The Morgan fingerprint density at radius 3 is 2.35 bits per heavy atom. The highest BCUT2D eigenvalue weighted by atomic mass is 32.1. The summed E-state index contributed by atoms with van der Waals surface area (Å²) in [5, 5.41) is 17.0. The number of ether oxygens (including phenoxy) is 2. The van der Waals surface area contributed by atoms with E-state index in [0.29, 0.717) is 23.6 Å². The molecule has 3 aromatic rings. The molecular formula is C23H24N2O5S. The van der Waals surface area contributed by atoms with Gasteiger partial charge in [0, 0.05) is 27.7 Å². The molecule has 0 aliphatic carbocycles. The lowest BCUT2D eigenvalue weighted by molar-refractivity contribution is -0.621. The zero-order chi connectivity index (χ0) is 22.3. The highest BCUT2D eigenvalue weighted by molar-refractivity contribution is 7.08. The summed E-state index contributed by atoms with van der Waals surface area (Å²) in [5.41, 5.74) is 2.98. The quantitative estimate of drug-likeness (QED) is 0.263. The first-order chi connectivity index (χ1) is 14.7. The lowest BCUT2D eigenvalue weighted by Gasteiger charge is -2.35. The number of benzene rings is 1. The first-order valence-corrected chi connectivity index (χ1v) is 10.9. The molecule has 0 unspecified atom stereocenters. The first-order valence-electron chi connectivity index (χ1n) is 10.0. The molecule has 1 saturated heterocycles. The molecule has 3 heterocycles. The van der Waals surface area contributed by atoms with Gasteiger partial charge in [-0.2, -0.15) is 11.3 Å². The second-order valence-corrected chi connectivity index (χ2v) is 8.93. The second kappa shape index (κ2) is 7.85. The van der Waals surface area contributed by atoms with Crippen molar-refractivity contribution in [3.63, 3.8) is 0 Å². The normalized spacial score (nSPS) is 17.3. The van der Waals surface area contributed by atoms with Crippen LogP contribution in [0.5, 0.6) is 0 Å². The molecular weight excluding hydrogens is 416 g/mol. The van der Waals surface area contributed by atoms with Gasteiger partial charge in [0.1, 0.15) is 23.9 Å². The van der Waals surface area contributed by atoms with Crippen LogP contribution in [0.25, 0.3) is 0 Å². The number of thiophene rings is 1. The van der Waals surface area contributed by atoms with Crippen LogP contribution in [-0.2, 0) is 25.6 Å². The van der Waals surface area contributed by atoms with Gasteiger partial charge < -0.3 is 14.7 Å². The Kier molecular flexibility index (Phi) is 5.35. The summed E-state index contributed by atoms with van der Waals surface area (Å²) in [5.74, 6) is -4.52. The fourth-order valence-corrected chi connectivity index (χ4v) is 4.70. The van der Waals surface area contributed by atoms with Crippen LogP contribution in [0.15, 0.2) is 47.2 Å². The van der Waals surface area contributed by atoms with E-state index in [2.05, 4.69) is 0 Å². The van der Waals surface area contributed by atoms with Gasteiger partial charge in [-0.05, 0) is 28.0 Å². The molecule has 1 aliphatic heterocycles. The van der Waals surface area contributed by atoms with Crippen LogP contribution in [0.3, 0.4) is 0 Å². The molecule has 31 heavy (non-hydrogen) atoms. The van der Waals surface area contributed by atoms with E-state index in [1.54, 1.807) is 6.92 Å². The van der Waals surface area contributed by atoms with E-state index < -0.39 is 29.6 Å². The van der Waals surface area contributed by atoms with Crippen LogP contribution in [0, 0.1) is 25.0 Å². The fraction of sp³-hybridized carbons (Fsp3) is 0.348. The molecule has 0 N–H and O–H groups in total. The molecule has 0 bridgehead atoms. The summed E-state index contributed by atoms with van der Waals surface area (Å²) in [6.07, 6.45) is 0. The summed E-state index contributed by atoms with van der Waals surface area (Å²) in [6.45, 7) is 7.05. The molecule has 1 fully saturated rings. The smallest absolute Gasteiger partial charge is 0.324 e. The van der Waals surface area contributed by atoms with Gasteiger partial charge in [0.2, 0.25) is 0 Å². The SMILES string of the molecule is Cc1c(C)[n+]([O-])c([C@H](c2ccsc2)C2C(=O)OC(C)(C)OC2=O)n1Cc1ccccc1. The Morgan fingerprint density at radius 1 is 1.13 bits per heavy atom. The molecule has 162 valence electrons. The average molecular weight is 441 g/mol. The maximum Gasteiger partial charge on any atom is 0.324 e. The van der Waals surface area contributed by atoms with E-state index in [4.69, 9.17) is 9.47 Å². The summed E-state index contributed by atoms with van der Waals surface area (Å²) in [6, 6.07) is 11.6. The highest BCUT2D eigenvalue weighted by Crippen LogP contribution is 2.38. The third kappa shape index (κ3) is 3.83. The van der Waals surface area contributed by atoms with Crippen molar-refractivity contribution >= 4 is 23.3 Å². The summed E-state index contributed by atoms with van der Waals surface area (Å²) in [7, 11) is 0. The maximum absolute atomic E-state index is 13.3. The molecule has 1 atom stereocenters. The largest absolute Gasteiger partial charge is 0.711 e. The molecule has 1 aromatic carbocycles. The van der Waals surface area contributed by atoms with Crippen LogP contribution in [0.1, 0.15) is 48.1 Å². The maximum atomic E-state index is 13.3. The molecule has 2 aromatic heterocycles. The monoisotopic (exact) mass is 440 g/mol. The predicted molar refractivity (Wildman–Crippen MR) is 114 cm³/mol. The minimum absolute atomic E-state index is 0.316. The number of aromatic nitrogens is 2. The van der Waals surface area contributed by atoms with Crippen LogP contribution in [0.2, 0.25) is 0 Å². The van der Waals surface area contributed by atoms with Gasteiger partial charge >= 0.3 is 11.9 Å². The van der Waals surface area contributed by atoms with E-state index in [1.165, 1.54) is 25.2 Å². The number of cyclic esters (lactones) is 2. The number of hydrogen-bond donors (Lipinski definition) is 0. The molecule has 0 amide bonds. The third-order valence-corrected chi connectivity index (χ3v) is 6.32. The van der Waals surface area contributed by atoms with E-state index in [-0.39, 0.29) is 0 Å². The van der Waals surface area contributed by atoms with Gasteiger partial charge in [-0.1, -0.05) is 30.3 Å².